The lowest BCUT2D eigenvalue weighted by molar-refractivity contribution is -0.138. The van der Waals surface area contributed by atoms with Gasteiger partial charge in [-0.15, -0.1) is 0 Å². The molecule has 2 aliphatic rings. The lowest BCUT2D eigenvalue weighted by atomic mass is 10.0. The van der Waals surface area contributed by atoms with E-state index in [1.165, 1.54) is 30.6 Å². The second-order valence-corrected chi connectivity index (χ2v) is 9.54. The minimum Gasteiger partial charge on any atom is -0.340 e. The summed E-state index contributed by atoms with van der Waals surface area (Å²) in [4.78, 5) is 26.8. The zero-order chi connectivity index (χ0) is 20.5. The lowest BCUT2D eigenvalue weighted by Gasteiger charge is -2.36. The Morgan fingerprint density at radius 3 is 2.68 bits per heavy atom. The fraction of sp³-hybridized carbons (Fsp3) is 0.444. The Balaban J connectivity index is 1.88. The van der Waals surface area contributed by atoms with Crippen LogP contribution in [0.3, 0.4) is 0 Å². The van der Waals surface area contributed by atoms with E-state index in [0.29, 0.717) is 6.54 Å². The molecule has 7 nitrogen and oxygen atoms in total. The fourth-order valence-corrected chi connectivity index (χ4v) is 5.29. The number of halogens is 2. The molecule has 2 atom stereocenters. The Morgan fingerprint density at radius 2 is 2.00 bits per heavy atom. The van der Waals surface area contributed by atoms with Crippen molar-refractivity contribution in [3.05, 3.63) is 40.6 Å². The topological polar surface area (TPSA) is 86.8 Å². The SMILES string of the molecule is C[C@H]1CCCCN1C(=O)C[C@@H]1C(=O)NC=CN1S(=O)(=O)c1ccc(Cl)c(Cl)c1. The van der Waals surface area contributed by atoms with Crippen LogP contribution >= 0.6 is 23.2 Å². The van der Waals surface area contributed by atoms with Crippen molar-refractivity contribution in [1.82, 2.24) is 14.5 Å². The molecule has 1 aromatic carbocycles. The molecule has 3 rings (SSSR count). The number of nitrogens with one attached hydrogen (secondary N) is 1. The van der Waals surface area contributed by atoms with Gasteiger partial charge in [-0.05, 0) is 44.4 Å². The summed E-state index contributed by atoms with van der Waals surface area (Å²) in [5, 5.41) is 2.79. The predicted octanol–water partition coefficient (Wildman–Crippen LogP) is 2.74. The molecular weight excluding hydrogens is 425 g/mol. The van der Waals surface area contributed by atoms with Crippen molar-refractivity contribution in [2.75, 3.05) is 6.54 Å². The Hall–Kier alpha value is -1.77. The minimum absolute atomic E-state index is 0.0728. The molecule has 0 aromatic heterocycles. The smallest absolute Gasteiger partial charge is 0.264 e. The molecule has 0 bridgehead atoms. The molecule has 1 aromatic rings. The van der Waals surface area contributed by atoms with E-state index in [-0.39, 0.29) is 33.3 Å². The van der Waals surface area contributed by atoms with Crippen molar-refractivity contribution in [2.24, 2.45) is 0 Å². The zero-order valence-electron chi connectivity index (χ0n) is 15.3. The molecule has 1 N–H and O–H groups in total. The van der Waals surface area contributed by atoms with E-state index in [9.17, 15) is 18.0 Å². The third kappa shape index (κ3) is 4.14. The largest absolute Gasteiger partial charge is 0.340 e. The van der Waals surface area contributed by atoms with Gasteiger partial charge in [0.1, 0.15) is 6.04 Å². The highest BCUT2D eigenvalue weighted by Crippen LogP contribution is 2.29. The third-order valence-corrected chi connectivity index (χ3v) is 7.53. The highest BCUT2D eigenvalue weighted by atomic mass is 35.5. The molecule has 2 heterocycles. The number of nitrogens with zero attached hydrogens (tertiary/aromatic N) is 2. The van der Waals surface area contributed by atoms with E-state index in [1.807, 2.05) is 6.92 Å². The number of rotatable bonds is 4. The summed E-state index contributed by atoms with van der Waals surface area (Å²) in [6.07, 6.45) is 5.10. The molecule has 10 heteroatoms. The van der Waals surface area contributed by atoms with E-state index < -0.39 is 22.0 Å². The van der Waals surface area contributed by atoms with Crippen LogP contribution in [-0.4, -0.2) is 48.1 Å². The van der Waals surface area contributed by atoms with E-state index in [4.69, 9.17) is 23.2 Å². The van der Waals surface area contributed by atoms with Crippen LogP contribution in [0.4, 0.5) is 0 Å². The lowest BCUT2D eigenvalue weighted by Crippen LogP contribution is -2.52. The number of sulfonamides is 1. The van der Waals surface area contributed by atoms with Crippen molar-refractivity contribution in [2.45, 2.75) is 49.6 Å². The molecule has 1 saturated heterocycles. The molecule has 0 spiro atoms. The van der Waals surface area contributed by atoms with Crippen LogP contribution < -0.4 is 5.32 Å². The van der Waals surface area contributed by atoms with Gasteiger partial charge in [0.25, 0.3) is 10.0 Å². The maximum atomic E-state index is 13.1. The van der Waals surface area contributed by atoms with Crippen LogP contribution in [0.5, 0.6) is 0 Å². The second kappa shape index (κ2) is 8.31. The molecule has 0 aliphatic carbocycles. The standard InChI is InChI=1S/C18H21Cl2N3O4S/c1-12-4-2-3-8-22(12)17(24)11-16-18(25)21-7-9-23(16)28(26,27)13-5-6-14(19)15(20)10-13/h5-7,9-10,12,16H,2-4,8,11H2,1H3,(H,21,25)/t12-,16+/m0/s1. The third-order valence-electron chi connectivity index (χ3n) is 5.01. The number of hydrogen-bond donors (Lipinski definition) is 1. The van der Waals surface area contributed by atoms with Gasteiger partial charge in [-0.3, -0.25) is 13.9 Å². The maximum Gasteiger partial charge on any atom is 0.264 e. The molecule has 152 valence electrons. The fourth-order valence-electron chi connectivity index (χ4n) is 3.45. The minimum atomic E-state index is -4.10. The summed E-state index contributed by atoms with van der Waals surface area (Å²) in [7, 11) is -4.10. The van der Waals surface area contributed by atoms with Crippen LogP contribution in [0.2, 0.25) is 10.0 Å². The van der Waals surface area contributed by atoms with Crippen LogP contribution in [0.15, 0.2) is 35.5 Å². The summed E-state index contributed by atoms with van der Waals surface area (Å²) in [5.74, 6) is -0.791. The molecule has 1 fully saturated rings. The Labute approximate surface area is 174 Å². The van der Waals surface area contributed by atoms with Gasteiger partial charge in [0.15, 0.2) is 0 Å². The number of benzene rings is 1. The normalized spacial score (nSPS) is 22.9. The number of amides is 2. The average molecular weight is 446 g/mol. The first-order valence-electron chi connectivity index (χ1n) is 8.97. The van der Waals surface area contributed by atoms with Gasteiger partial charge in [0, 0.05) is 25.0 Å². The molecule has 0 radical (unpaired) electrons. The van der Waals surface area contributed by atoms with Crippen LogP contribution in [0.1, 0.15) is 32.6 Å². The van der Waals surface area contributed by atoms with Crippen molar-refractivity contribution in [1.29, 1.82) is 0 Å². The van der Waals surface area contributed by atoms with E-state index in [1.54, 1.807) is 4.90 Å². The number of piperidine rings is 1. The van der Waals surface area contributed by atoms with Gasteiger partial charge in [-0.1, -0.05) is 23.2 Å². The number of carbonyl (C=O) groups is 2. The van der Waals surface area contributed by atoms with E-state index in [2.05, 4.69) is 5.32 Å². The molecule has 2 aliphatic heterocycles. The van der Waals surface area contributed by atoms with Crippen LogP contribution in [0.25, 0.3) is 0 Å². The average Bonchev–Trinajstić information content (AvgIpc) is 2.65. The summed E-state index contributed by atoms with van der Waals surface area (Å²) in [6.45, 7) is 2.58. The number of hydrogen-bond acceptors (Lipinski definition) is 4. The first-order chi connectivity index (χ1) is 13.2. The first kappa shape index (κ1) is 21.0. The Kier molecular flexibility index (Phi) is 6.21. The Bertz CT molecular complexity index is 919. The van der Waals surface area contributed by atoms with Crippen molar-refractivity contribution >= 4 is 45.0 Å². The highest BCUT2D eigenvalue weighted by Gasteiger charge is 2.38. The quantitative estimate of drug-likeness (QED) is 0.771. The summed E-state index contributed by atoms with van der Waals surface area (Å²) >= 11 is 11.8. The summed E-state index contributed by atoms with van der Waals surface area (Å²) in [6, 6.07) is 2.82. The van der Waals surface area contributed by atoms with E-state index >= 15 is 0 Å². The zero-order valence-corrected chi connectivity index (χ0v) is 17.6. The second-order valence-electron chi connectivity index (χ2n) is 6.89. The summed E-state index contributed by atoms with van der Waals surface area (Å²) < 4.78 is 27.1. The van der Waals surface area contributed by atoms with Crippen molar-refractivity contribution < 1.29 is 18.0 Å². The first-order valence-corrected chi connectivity index (χ1v) is 11.2. The predicted molar refractivity (Wildman–Crippen MR) is 106 cm³/mol. The summed E-state index contributed by atoms with van der Waals surface area (Å²) in [5.41, 5.74) is 0. The molecule has 0 unspecified atom stereocenters. The van der Waals surface area contributed by atoms with Crippen molar-refractivity contribution in [3.8, 4) is 0 Å². The van der Waals surface area contributed by atoms with Crippen LogP contribution in [-0.2, 0) is 19.6 Å². The highest BCUT2D eigenvalue weighted by molar-refractivity contribution is 7.89. The monoisotopic (exact) mass is 445 g/mol. The van der Waals surface area contributed by atoms with Gasteiger partial charge in [-0.25, -0.2) is 8.42 Å². The van der Waals surface area contributed by atoms with E-state index in [0.717, 1.165) is 23.6 Å². The van der Waals surface area contributed by atoms with Gasteiger partial charge >= 0.3 is 0 Å². The molecule has 28 heavy (non-hydrogen) atoms. The maximum absolute atomic E-state index is 13.1. The van der Waals surface area contributed by atoms with Gasteiger partial charge in [0.2, 0.25) is 11.8 Å². The number of likely N-dealkylation sites (tertiary alicyclic amines) is 1. The molecule has 0 saturated carbocycles. The van der Waals surface area contributed by atoms with Gasteiger partial charge < -0.3 is 10.2 Å². The van der Waals surface area contributed by atoms with Crippen molar-refractivity contribution in [3.63, 3.8) is 0 Å². The molecule has 2 amide bonds. The van der Waals surface area contributed by atoms with Crippen LogP contribution in [0, 0.1) is 0 Å². The number of carbonyl (C=O) groups excluding carboxylic acids is 2. The molecular formula is C18H21Cl2N3O4S. The Morgan fingerprint density at radius 1 is 1.25 bits per heavy atom. The van der Waals surface area contributed by atoms with Gasteiger partial charge in [0.05, 0.1) is 21.4 Å². The van der Waals surface area contributed by atoms with Gasteiger partial charge in [-0.2, -0.15) is 0 Å².